The van der Waals surface area contributed by atoms with Gasteiger partial charge in [0.05, 0.1) is 17.6 Å². The monoisotopic (exact) mass is 343 g/mol. The minimum Gasteiger partial charge on any atom is -0.492 e. The minimum absolute atomic E-state index is 0.575. The molecule has 0 unspecified atom stereocenters. The molecule has 0 radical (unpaired) electrons. The molecular weight excluding hydrogens is 322 g/mol. The van der Waals surface area contributed by atoms with Gasteiger partial charge in [0.15, 0.2) is 0 Å². The highest BCUT2D eigenvalue weighted by atomic mass is 16.5. The fraction of sp³-hybridized carbons (Fsp3) is 0.136. The van der Waals surface area contributed by atoms with E-state index in [1.807, 2.05) is 54.6 Å². The van der Waals surface area contributed by atoms with E-state index in [1.54, 1.807) is 0 Å². The fourth-order valence-corrected chi connectivity index (χ4v) is 3.04. The lowest BCUT2D eigenvalue weighted by molar-refractivity contribution is 0.301. The van der Waals surface area contributed by atoms with E-state index in [1.165, 1.54) is 5.56 Å². The van der Waals surface area contributed by atoms with Crippen molar-refractivity contribution in [3.05, 3.63) is 78.4 Å². The number of nitrogens with zero attached hydrogens (tertiary/aromatic N) is 2. The Morgan fingerprint density at radius 1 is 0.923 bits per heavy atom. The molecule has 2 N–H and O–H groups in total. The van der Waals surface area contributed by atoms with Crippen molar-refractivity contribution >= 4 is 16.7 Å². The number of hydrogen-bond acceptors (Lipinski definition) is 3. The molecule has 0 atom stereocenters. The topological polar surface area (TPSA) is 53.1 Å². The molecule has 0 aliphatic rings. The second kappa shape index (κ2) is 6.92. The van der Waals surface area contributed by atoms with Crippen LogP contribution in [0, 0.1) is 6.92 Å². The Hall–Kier alpha value is -3.27. The molecule has 0 aliphatic heterocycles. The van der Waals surface area contributed by atoms with Crippen molar-refractivity contribution in [2.45, 2.75) is 13.5 Å². The average molecular weight is 343 g/mol. The first-order chi connectivity index (χ1) is 12.7. The molecule has 0 saturated carbocycles. The number of rotatable bonds is 5. The molecular formula is C22H21N3O. The first kappa shape index (κ1) is 16.2. The van der Waals surface area contributed by atoms with Crippen molar-refractivity contribution < 1.29 is 4.74 Å². The third-order valence-electron chi connectivity index (χ3n) is 4.43. The highest BCUT2D eigenvalue weighted by Crippen LogP contribution is 2.25. The summed E-state index contributed by atoms with van der Waals surface area (Å²) in [4.78, 5) is 4.82. The summed E-state index contributed by atoms with van der Waals surface area (Å²) in [5, 5.41) is 0. The summed E-state index contributed by atoms with van der Waals surface area (Å²) in [7, 11) is 0. The lowest BCUT2D eigenvalue weighted by atomic mass is 10.2. The van der Waals surface area contributed by atoms with Crippen LogP contribution in [0.5, 0.6) is 5.75 Å². The van der Waals surface area contributed by atoms with Gasteiger partial charge in [-0.1, -0.05) is 29.8 Å². The van der Waals surface area contributed by atoms with Crippen LogP contribution in [0.3, 0.4) is 0 Å². The van der Waals surface area contributed by atoms with Crippen molar-refractivity contribution in [1.29, 1.82) is 0 Å². The van der Waals surface area contributed by atoms with Crippen molar-refractivity contribution in [2.75, 3.05) is 12.3 Å². The van der Waals surface area contributed by atoms with Gasteiger partial charge >= 0.3 is 0 Å². The van der Waals surface area contributed by atoms with Crippen LogP contribution in [0.4, 0.5) is 5.69 Å². The zero-order valence-electron chi connectivity index (χ0n) is 14.7. The number of fused-ring (bicyclic) bond motifs is 1. The fourth-order valence-electron chi connectivity index (χ4n) is 3.04. The van der Waals surface area contributed by atoms with Crippen molar-refractivity contribution in [3.8, 4) is 17.1 Å². The molecule has 4 nitrogen and oxygen atoms in total. The second-order valence-corrected chi connectivity index (χ2v) is 6.36. The van der Waals surface area contributed by atoms with E-state index in [4.69, 9.17) is 15.5 Å². The number of aromatic nitrogens is 2. The van der Waals surface area contributed by atoms with E-state index in [0.717, 1.165) is 33.9 Å². The quantitative estimate of drug-likeness (QED) is 0.536. The maximum atomic E-state index is 5.92. The molecule has 0 bridgehead atoms. The molecule has 0 spiro atoms. The number of aryl methyl sites for hydroxylation is 1. The van der Waals surface area contributed by atoms with Gasteiger partial charge in [0.1, 0.15) is 18.2 Å². The SMILES string of the molecule is Cc1ccc(OCCn2c(-c3ccc(N)cc3)nc3ccccc32)cc1. The van der Waals surface area contributed by atoms with Crippen molar-refractivity contribution in [2.24, 2.45) is 0 Å². The van der Waals surface area contributed by atoms with E-state index in [0.29, 0.717) is 13.2 Å². The standard InChI is InChI=1S/C22H21N3O/c1-16-6-12-19(13-7-16)26-15-14-25-21-5-3-2-4-20(21)24-22(25)17-8-10-18(23)11-9-17/h2-13H,14-15,23H2,1H3. The van der Waals surface area contributed by atoms with E-state index in [-0.39, 0.29) is 0 Å². The number of para-hydroxylation sites is 2. The average Bonchev–Trinajstić information content (AvgIpc) is 3.03. The highest BCUT2D eigenvalue weighted by molar-refractivity contribution is 5.80. The number of anilines is 1. The first-order valence-electron chi connectivity index (χ1n) is 8.71. The van der Waals surface area contributed by atoms with E-state index in [2.05, 4.69) is 29.7 Å². The van der Waals surface area contributed by atoms with Gasteiger partial charge in [0, 0.05) is 11.3 Å². The third-order valence-corrected chi connectivity index (χ3v) is 4.43. The zero-order chi connectivity index (χ0) is 17.9. The first-order valence-corrected chi connectivity index (χ1v) is 8.71. The lowest BCUT2D eigenvalue weighted by Crippen LogP contribution is -2.09. The molecule has 0 saturated heterocycles. The van der Waals surface area contributed by atoms with E-state index >= 15 is 0 Å². The Morgan fingerprint density at radius 2 is 1.65 bits per heavy atom. The number of ether oxygens (including phenoxy) is 1. The molecule has 26 heavy (non-hydrogen) atoms. The molecule has 130 valence electrons. The summed E-state index contributed by atoms with van der Waals surface area (Å²) in [6.45, 7) is 3.36. The molecule has 0 aliphatic carbocycles. The highest BCUT2D eigenvalue weighted by Gasteiger charge is 2.12. The van der Waals surface area contributed by atoms with Crippen molar-refractivity contribution in [1.82, 2.24) is 9.55 Å². The molecule has 0 amide bonds. The van der Waals surface area contributed by atoms with Gasteiger partial charge in [0.25, 0.3) is 0 Å². The molecule has 4 aromatic rings. The summed E-state index contributed by atoms with van der Waals surface area (Å²) >= 11 is 0. The maximum absolute atomic E-state index is 5.92. The number of hydrogen-bond donors (Lipinski definition) is 1. The van der Waals surface area contributed by atoms with Gasteiger partial charge in [-0.3, -0.25) is 0 Å². The predicted octanol–water partition coefficient (Wildman–Crippen LogP) is 4.67. The summed E-state index contributed by atoms with van der Waals surface area (Å²) < 4.78 is 8.13. The van der Waals surface area contributed by atoms with Gasteiger partial charge in [-0.25, -0.2) is 4.98 Å². The Kier molecular flexibility index (Phi) is 4.32. The Morgan fingerprint density at radius 3 is 2.42 bits per heavy atom. The molecule has 4 heteroatoms. The van der Waals surface area contributed by atoms with E-state index in [9.17, 15) is 0 Å². The molecule has 4 rings (SSSR count). The van der Waals surface area contributed by atoms with Crippen LogP contribution in [0.1, 0.15) is 5.56 Å². The molecule has 1 aromatic heterocycles. The Bertz CT molecular complexity index is 1020. The normalized spacial score (nSPS) is 11.0. The van der Waals surface area contributed by atoms with Crippen LogP contribution in [0.15, 0.2) is 72.8 Å². The summed E-state index contributed by atoms with van der Waals surface area (Å²) in [6.07, 6.45) is 0. The molecule has 1 heterocycles. The molecule has 3 aromatic carbocycles. The third kappa shape index (κ3) is 3.26. The van der Waals surface area contributed by atoms with Gasteiger partial charge in [0.2, 0.25) is 0 Å². The Labute approximate surface area is 152 Å². The molecule has 0 fully saturated rings. The van der Waals surface area contributed by atoms with Crippen LogP contribution in [0.25, 0.3) is 22.4 Å². The second-order valence-electron chi connectivity index (χ2n) is 6.36. The smallest absolute Gasteiger partial charge is 0.141 e. The summed E-state index contributed by atoms with van der Waals surface area (Å²) in [5.41, 5.74) is 10.9. The summed E-state index contributed by atoms with van der Waals surface area (Å²) in [5.74, 6) is 1.81. The van der Waals surface area contributed by atoms with Crippen LogP contribution in [-0.4, -0.2) is 16.2 Å². The lowest BCUT2D eigenvalue weighted by Gasteiger charge is -2.11. The van der Waals surface area contributed by atoms with Crippen LogP contribution >= 0.6 is 0 Å². The van der Waals surface area contributed by atoms with Gasteiger partial charge in [-0.2, -0.15) is 0 Å². The number of imidazole rings is 1. The number of nitrogens with two attached hydrogens (primary N) is 1. The predicted molar refractivity (Wildman–Crippen MR) is 106 cm³/mol. The van der Waals surface area contributed by atoms with Crippen LogP contribution in [-0.2, 0) is 6.54 Å². The van der Waals surface area contributed by atoms with Gasteiger partial charge in [-0.05, 0) is 55.5 Å². The van der Waals surface area contributed by atoms with Crippen LogP contribution < -0.4 is 10.5 Å². The number of nitrogen functional groups attached to an aromatic ring is 1. The summed E-state index contributed by atoms with van der Waals surface area (Å²) in [6, 6.07) is 24.1. The van der Waals surface area contributed by atoms with Crippen molar-refractivity contribution in [3.63, 3.8) is 0 Å². The van der Waals surface area contributed by atoms with Gasteiger partial charge in [-0.15, -0.1) is 0 Å². The largest absolute Gasteiger partial charge is 0.492 e. The zero-order valence-corrected chi connectivity index (χ0v) is 14.7. The van der Waals surface area contributed by atoms with Gasteiger partial charge < -0.3 is 15.0 Å². The van der Waals surface area contributed by atoms with E-state index < -0.39 is 0 Å². The maximum Gasteiger partial charge on any atom is 0.141 e. The minimum atomic E-state index is 0.575. The number of benzene rings is 3. The Balaban J connectivity index is 1.63. The van der Waals surface area contributed by atoms with Crippen LogP contribution in [0.2, 0.25) is 0 Å².